The lowest BCUT2D eigenvalue weighted by Gasteiger charge is -2.51. The van der Waals surface area contributed by atoms with Crippen LogP contribution in [0, 0.1) is 0 Å². The Kier molecular flexibility index (Phi) is 4.17. The number of likely N-dealkylation sites (tertiary alicyclic amines) is 1. The van der Waals surface area contributed by atoms with E-state index in [1.54, 1.807) is 16.5 Å². The Hall–Kier alpha value is -2.21. The molecule has 6 heteroatoms. The smallest absolute Gasteiger partial charge is 0.251 e. The van der Waals surface area contributed by atoms with Gasteiger partial charge in [0.2, 0.25) is 5.91 Å². The van der Waals surface area contributed by atoms with E-state index in [1.165, 1.54) is 11.3 Å². The van der Waals surface area contributed by atoms with E-state index >= 15 is 0 Å². The fourth-order valence-corrected chi connectivity index (χ4v) is 3.48. The van der Waals surface area contributed by atoms with Crippen molar-refractivity contribution in [2.24, 2.45) is 0 Å². The summed E-state index contributed by atoms with van der Waals surface area (Å²) in [5.41, 5.74) is -0.552. The summed E-state index contributed by atoms with van der Waals surface area (Å²) in [5, 5.41) is 5.18. The molecular weight excluding hydrogens is 322 g/mol. The first-order valence-electron chi connectivity index (χ1n) is 7.94. The van der Waals surface area contributed by atoms with Crippen LogP contribution in [-0.4, -0.2) is 33.8 Å². The van der Waals surface area contributed by atoms with Crippen LogP contribution < -0.4 is 5.32 Å². The van der Waals surface area contributed by atoms with E-state index in [9.17, 15) is 9.59 Å². The Morgan fingerprint density at radius 1 is 1.29 bits per heavy atom. The van der Waals surface area contributed by atoms with Crippen LogP contribution in [0.4, 0.5) is 5.13 Å². The maximum Gasteiger partial charge on any atom is 0.251 e. The number of nitrogens with zero attached hydrogens (tertiary/aromatic N) is 2. The monoisotopic (exact) mass is 343 g/mol. The highest BCUT2D eigenvalue weighted by molar-refractivity contribution is 7.13. The second kappa shape index (κ2) is 6.02. The van der Waals surface area contributed by atoms with Crippen LogP contribution in [0.25, 0.3) is 0 Å². The van der Waals surface area contributed by atoms with E-state index in [0.717, 1.165) is 5.56 Å². The molecule has 0 radical (unpaired) electrons. The summed E-state index contributed by atoms with van der Waals surface area (Å²) in [7, 11) is 0. The third-order valence-corrected chi connectivity index (χ3v) is 5.52. The van der Waals surface area contributed by atoms with Crippen LogP contribution in [0.2, 0.25) is 0 Å². The number of hydrogen-bond acceptors (Lipinski definition) is 4. The number of carbonyl (C=O) groups excluding carboxylic acids is 2. The van der Waals surface area contributed by atoms with Gasteiger partial charge in [0.05, 0.1) is 5.41 Å². The molecule has 0 bridgehead atoms. The summed E-state index contributed by atoms with van der Waals surface area (Å²) < 4.78 is 0. The van der Waals surface area contributed by atoms with Crippen molar-refractivity contribution in [3.8, 4) is 0 Å². The molecular formula is C18H21N3O2S. The average molecular weight is 343 g/mol. The molecule has 1 atom stereocenters. The van der Waals surface area contributed by atoms with Crippen molar-refractivity contribution in [2.75, 3.05) is 11.9 Å². The summed E-state index contributed by atoms with van der Waals surface area (Å²) in [6, 6.07) is 9.68. The maximum atomic E-state index is 13.1. The number of benzene rings is 1. The van der Waals surface area contributed by atoms with Crippen molar-refractivity contribution in [3.63, 3.8) is 0 Å². The zero-order chi connectivity index (χ0) is 17.4. The number of thiazole rings is 1. The molecule has 1 aliphatic heterocycles. The SMILES string of the molecule is CC(C)(C(=O)N1CCC1(C)C(=O)Nc1nccs1)c1ccccc1. The van der Waals surface area contributed by atoms with Gasteiger partial charge < -0.3 is 4.90 Å². The van der Waals surface area contributed by atoms with E-state index in [4.69, 9.17) is 0 Å². The Morgan fingerprint density at radius 2 is 2.00 bits per heavy atom. The normalized spacial score (nSPS) is 20.4. The lowest BCUT2D eigenvalue weighted by atomic mass is 9.78. The molecule has 0 aliphatic carbocycles. The van der Waals surface area contributed by atoms with Gasteiger partial charge in [-0.1, -0.05) is 30.3 Å². The van der Waals surface area contributed by atoms with Gasteiger partial charge in [0, 0.05) is 18.1 Å². The molecule has 2 aromatic rings. The van der Waals surface area contributed by atoms with Gasteiger partial charge in [-0.05, 0) is 32.8 Å². The zero-order valence-electron chi connectivity index (χ0n) is 14.1. The molecule has 1 aromatic carbocycles. The van der Waals surface area contributed by atoms with E-state index < -0.39 is 11.0 Å². The highest BCUT2D eigenvalue weighted by Gasteiger charge is 2.52. The highest BCUT2D eigenvalue weighted by Crippen LogP contribution is 2.37. The lowest BCUT2D eigenvalue weighted by molar-refractivity contribution is -0.158. The number of aromatic nitrogens is 1. The standard InChI is InChI=1S/C18H21N3O2S/c1-17(2,13-7-5-4-6-8-13)15(23)21-11-9-18(21,3)14(22)20-16-19-10-12-24-16/h4-8,10,12H,9,11H2,1-3H3,(H,19,20,22). The molecule has 1 unspecified atom stereocenters. The van der Waals surface area contributed by atoms with Crippen LogP contribution in [0.5, 0.6) is 0 Å². The molecule has 1 fully saturated rings. The molecule has 0 spiro atoms. The van der Waals surface area contributed by atoms with Crippen LogP contribution in [0.3, 0.4) is 0 Å². The number of rotatable bonds is 4. The van der Waals surface area contributed by atoms with E-state index in [2.05, 4.69) is 10.3 Å². The molecule has 2 amide bonds. The number of nitrogens with one attached hydrogen (secondary N) is 1. The van der Waals surface area contributed by atoms with E-state index in [1.807, 2.05) is 51.1 Å². The average Bonchev–Trinajstić information content (AvgIpc) is 3.06. The molecule has 0 saturated carbocycles. The lowest BCUT2D eigenvalue weighted by Crippen LogP contribution is -2.68. The second-order valence-electron chi connectivity index (χ2n) is 6.76. The van der Waals surface area contributed by atoms with Gasteiger partial charge in [-0.2, -0.15) is 0 Å². The largest absolute Gasteiger partial charge is 0.327 e. The summed E-state index contributed by atoms with van der Waals surface area (Å²) in [6.45, 7) is 6.22. The van der Waals surface area contributed by atoms with Crippen molar-refractivity contribution < 1.29 is 9.59 Å². The third kappa shape index (κ3) is 2.71. The van der Waals surface area contributed by atoms with Gasteiger partial charge in [-0.3, -0.25) is 14.9 Å². The molecule has 1 aliphatic rings. The minimum absolute atomic E-state index is 0.0308. The van der Waals surface area contributed by atoms with Gasteiger partial charge in [-0.25, -0.2) is 4.98 Å². The Labute approximate surface area is 145 Å². The molecule has 1 saturated heterocycles. The number of anilines is 1. The Bertz CT molecular complexity index is 743. The molecule has 1 N–H and O–H groups in total. The number of hydrogen-bond donors (Lipinski definition) is 1. The minimum atomic E-state index is -0.825. The first-order valence-corrected chi connectivity index (χ1v) is 8.82. The van der Waals surface area contributed by atoms with Crippen molar-refractivity contribution in [2.45, 2.75) is 38.1 Å². The summed E-state index contributed by atoms with van der Waals surface area (Å²) in [5.74, 6) is -0.211. The fourth-order valence-electron chi connectivity index (χ4n) is 2.95. The van der Waals surface area contributed by atoms with E-state index in [0.29, 0.717) is 18.1 Å². The van der Waals surface area contributed by atoms with Crippen molar-refractivity contribution >= 4 is 28.3 Å². The van der Waals surface area contributed by atoms with Crippen LogP contribution in [0.1, 0.15) is 32.8 Å². The van der Waals surface area contributed by atoms with Gasteiger partial charge in [0.25, 0.3) is 5.91 Å². The molecule has 3 rings (SSSR count). The first kappa shape index (κ1) is 16.6. The highest BCUT2D eigenvalue weighted by atomic mass is 32.1. The van der Waals surface area contributed by atoms with Crippen molar-refractivity contribution in [3.05, 3.63) is 47.5 Å². The molecule has 5 nitrogen and oxygen atoms in total. The second-order valence-corrected chi connectivity index (χ2v) is 7.66. The van der Waals surface area contributed by atoms with Crippen molar-refractivity contribution in [1.29, 1.82) is 0 Å². The Balaban J connectivity index is 1.79. The number of amides is 2. The van der Waals surface area contributed by atoms with Crippen LogP contribution >= 0.6 is 11.3 Å². The molecule has 1 aromatic heterocycles. The summed E-state index contributed by atoms with van der Waals surface area (Å²) >= 11 is 1.37. The quantitative estimate of drug-likeness (QED) is 0.928. The minimum Gasteiger partial charge on any atom is -0.327 e. The number of carbonyl (C=O) groups is 2. The predicted octanol–water partition coefficient (Wildman–Crippen LogP) is 3.05. The van der Waals surface area contributed by atoms with Gasteiger partial charge in [0.1, 0.15) is 5.54 Å². The molecule has 24 heavy (non-hydrogen) atoms. The molecule has 2 heterocycles. The predicted molar refractivity (Wildman–Crippen MR) is 94.9 cm³/mol. The summed E-state index contributed by atoms with van der Waals surface area (Å²) in [4.78, 5) is 31.5. The van der Waals surface area contributed by atoms with Crippen LogP contribution in [-0.2, 0) is 15.0 Å². The van der Waals surface area contributed by atoms with Gasteiger partial charge in [0.15, 0.2) is 5.13 Å². The summed E-state index contributed by atoms with van der Waals surface area (Å²) in [6.07, 6.45) is 2.30. The zero-order valence-corrected chi connectivity index (χ0v) is 14.9. The Morgan fingerprint density at radius 3 is 2.54 bits per heavy atom. The first-order chi connectivity index (χ1) is 11.4. The van der Waals surface area contributed by atoms with Crippen LogP contribution in [0.15, 0.2) is 41.9 Å². The van der Waals surface area contributed by atoms with Gasteiger partial charge in [-0.15, -0.1) is 11.3 Å². The van der Waals surface area contributed by atoms with E-state index in [-0.39, 0.29) is 11.8 Å². The van der Waals surface area contributed by atoms with Gasteiger partial charge >= 0.3 is 0 Å². The van der Waals surface area contributed by atoms with Crippen molar-refractivity contribution in [1.82, 2.24) is 9.88 Å². The topological polar surface area (TPSA) is 62.3 Å². The third-order valence-electron chi connectivity index (χ3n) is 4.84. The fraction of sp³-hybridized carbons (Fsp3) is 0.389. The molecule has 126 valence electrons. The maximum absolute atomic E-state index is 13.1.